The number of fused-ring (bicyclic) bond motifs is 1. The standard InChI is InChI=1S/C21H27N3O6S/c1-2-3-13-29-20(26)30-14-23-11-7-15-16(19(23)25)5-4-6-17(15)31(27,28)24-12-8-18(22)21(24)9-10-21/h4-7,11,18H,2-3,8-10,12-14,22H2,1H3. The van der Waals surface area contributed by atoms with Crippen molar-refractivity contribution in [2.75, 3.05) is 13.2 Å². The van der Waals surface area contributed by atoms with E-state index in [9.17, 15) is 18.0 Å². The van der Waals surface area contributed by atoms with Crippen LogP contribution in [0.1, 0.15) is 39.0 Å². The van der Waals surface area contributed by atoms with Gasteiger partial charge in [-0.1, -0.05) is 19.4 Å². The smallest absolute Gasteiger partial charge is 0.434 e. The van der Waals surface area contributed by atoms with Gasteiger partial charge in [0.1, 0.15) is 0 Å². The maximum absolute atomic E-state index is 13.5. The molecule has 2 heterocycles. The second-order valence-electron chi connectivity index (χ2n) is 8.11. The van der Waals surface area contributed by atoms with Crippen molar-refractivity contribution in [3.63, 3.8) is 0 Å². The molecule has 0 amide bonds. The quantitative estimate of drug-likeness (QED) is 0.508. The molecule has 1 aromatic carbocycles. The second-order valence-corrected chi connectivity index (χ2v) is 9.94. The Hall–Kier alpha value is -2.43. The molecule has 1 aliphatic heterocycles. The first-order valence-corrected chi connectivity index (χ1v) is 12.0. The molecule has 1 saturated carbocycles. The van der Waals surface area contributed by atoms with Crippen LogP contribution in [0, 0.1) is 0 Å². The molecular weight excluding hydrogens is 422 g/mol. The summed E-state index contributed by atoms with van der Waals surface area (Å²) in [6.45, 7) is 2.29. The fourth-order valence-electron chi connectivity index (χ4n) is 4.24. The van der Waals surface area contributed by atoms with Gasteiger partial charge in [-0.15, -0.1) is 0 Å². The second kappa shape index (κ2) is 8.25. The molecule has 2 aromatic rings. The SMILES string of the molecule is CCCCOC(=O)OCn1ccc2c(S(=O)(=O)N3CCC(N)C34CC4)cccc2c1=O. The Kier molecular flexibility index (Phi) is 5.80. The summed E-state index contributed by atoms with van der Waals surface area (Å²) in [4.78, 5) is 24.6. The predicted molar refractivity (Wildman–Crippen MR) is 114 cm³/mol. The third-order valence-corrected chi connectivity index (χ3v) is 8.22. The monoisotopic (exact) mass is 449 g/mol. The van der Waals surface area contributed by atoms with Crippen LogP contribution in [0.25, 0.3) is 10.8 Å². The highest BCUT2D eigenvalue weighted by molar-refractivity contribution is 7.89. The van der Waals surface area contributed by atoms with Crippen LogP contribution in [0.5, 0.6) is 0 Å². The maximum atomic E-state index is 13.5. The lowest BCUT2D eigenvalue weighted by molar-refractivity contribution is 0.0323. The molecule has 2 aliphatic rings. The summed E-state index contributed by atoms with van der Waals surface area (Å²) in [5.74, 6) is 0. The fourth-order valence-corrected chi connectivity index (χ4v) is 6.33. The maximum Gasteiger partial charge on any atom is 0.510 e. The number of benzene rings is 1. The van der Waals surface area contributed by atoms with Crippen molar-refractivity contribution in [1.82, 2.24) is 8.87 Å². The van der Waals surface area contributed by atoms with E-state index in [1.165, 1.54) is 21.1 Å². The zero-order valence-corrected chi connectivity index (χ0v) is 18.3. The minimum absolute atomic E-state index is 0.0921. The summed E-state index contributed by atoms with van der Waals surface area (Å²) in [6.07, 6.45) is 4.33. The van der Waals surface area contributed by atoms with Gasteiger partial charge < -0.3 is 15.2 Å². The van der Waals surface area contributed by atoms with Gasteiger partial charge in [-0.25, -0.2) is 13.2 Å². The van der Waals surface area contributed by atoms with E-state index in [4.69, 9.17) is 15.2 Å². The van der Waals surface area contributed by atoms with Gasteiger partial charge in [0, 0.05) is 29.6 Å². The van der Waals surface area contributed by atoms with Crippen molar-refractivity contribution >= 4 is 27.0 Å². The summed E-state index contributed by atoms with van der Waals surface area (Å²) in [7, 11) is -3.81. The Bertz CT molecular complexity index is 1160. The highest BCUT2D eigenvalue weighted by Gasteiger charge is 2.60. The molecule has 1 unspecified atom stereocenters. The first kappa shape index (κ1) is 21.8. The lowest BCUT2D eigenvalue weighted by Crippen LogP contribution is -2.44. The number of hydrogen-bond donors (Lipinski definition) is 1. The largest absolute Gasteiger partial charge is 0.510 e. The zero-order valence-electron chi connectivity index (χ0n) is 17.5. The number of hydrogen-bond acceptors (Lipinski definition) is 7. The Balaban J connectivity index is 1.61. The summed E-state index contributed by atoms with van der Waals surface area (Å²) in [5.41, 5.74) is 5.25. The van der Waals surface area contributed by atoms with E-state index in [1.807, 2.05) is 6.92 Å². The summed E-state index contributed by atoms with van der Waals surface area (Å²) < 4.78 is 39.5. The Labute approximate surface area is 180 Å². The molecule has 4 rings (SSSR count). The van der Waals surface area contributed by atoms with Gasteiger partial charge in [0.15, 0.2) is 6.73 Å². The number of sulfonamides is 1. The number of pyridine rings is 1. The van der Waals surface area contributed by atoms with Crippen LogP contribution in [0.4, 0.5) is 4.79 Å². The lowest BCUT2D eigenvalue weighted by atomic mass is 10.1. The third kappa shape index (κ3) is 3.83. The van der Waals surface area contributed by atoms with Crippen LogP contribution in [0.2, 0.25) is 0 Å². The van der Waals surface area contributed by atoms with E-state index in [-0.39, 0.29) is 29.7 Å². The van der Waals surface area contributed by atoms with Crippen LogP contribution in [0.3, 0.4) is 0 Å². The molecule has 0 radical (unpaired) electrons. The number of aromatic nitrogens is 1. The van der Waals surface area contributed by atoms with Crippen molar-refractivity contribution in [3.8, 4) is 0 Å². The highest BCUT2D eigenvalue weighted by Crippen LogP contribution is 2.51. The number of nitrogens with zero attached hydrogens (tertiary/aromatic N) is 2. The van der Waals surface area contributed by atoms with Crippen LogP contribution < -0.4 is 11.3 Å². The van der Waals surface area contributed by atoms with E-state index in [2.05, 4.69) is 0 Å². The van der Waals surface area contributed by atoms with Crippen molar-refractivity contribution in [1.29, 1.82) is 0 Å². The lowest BCUT2D eigenvalue weighted by Gasteiger charge is -2.26. The van der Waals surface area contributed by atoms with Gasteiger partial charge in [0.25, 0.3) is 5.56 Å². The molecule has 9 nitrogen and oxygen atoms in total. The minimum Gasteiger partial charge on any atom is -0.434 e. The molecule has 1 aliphatic carbocycles. The summed E-state index contributed by atoms with van der Waals surface area (Å²) in [6, 6.07) is 6.03. The molecule has 10 heteroatoms. The first-order chi connectivity index (χ1) is 14.8. The molecule has 1 atom stereocenters. The fraction of sp³-hybridized carbons (Fsp3) is 0.524. The molecule has 0 bridgehead atoms. The topological polar surface area (TPSA) is 121 Å². The molecule has 31 heavy (non-hydrogen) atoms. The predicted octanol–water partition coefficient (Wildman–Crippen LogP) is 2.17. The van der Waals surface area contributed by atoms with E-state index in [1.54, 1.807) is 18.2 Å². The van der Waals surface area contributed by atoms with Crippen molar-refractivity contribution in [2.24, 2.45) is 5.73 Å². The molecule has 1 spiro atoms. The number of rotatable bonds is 7. The Morgan fingerprint density at radius 3 is 2.71 bits per heavy atom. The van der Waals surface area contributed by atoms with E-state index in [0.717, 1.165) is 25.7 Å². The van der Waals surface area contributed by atoms with Gasteiger partial charge in [-0.05, 0) is 43.9 Å². The number of carbonyl (C=O) groups is 1. The minimum atomic E-state index is -3.81. The molecule has 2 N–H and O–H groups in total. The average Bonchev–Trinajstić information content (AvgIpc) is 3.47. The van der Waals surface area contributed by atoms with E-state index < -0.39 is 27.3 Å². The number of unbranched alkanes of at least 4 members (excludes halogenated alkanes) is 1. The normalized spacial score (nSPS) is 20.3. The van der Waals surface area contributed by atoms with Gasteiger partial charge in [0.2, 0.25) is 10.0 Å². The first-order valence-electron chi connectivity index (χ1n) is 10.5. The van der Waals surface area contributed by atoms with Crippen LogP contribution in [-0.2, 0) is 26.2 Å². The zero-order chi connectivity index (χ0) is 22.2. The Morgan fingerprint density at radius 1 is 1.23 bits per heavy atom. The van der Waals surface area contributed by atoms with E-state index in [0.29, 0.717) is 18.4 Å². The van der Waals surface area contributed by atoms with Crippen molar-refractivity contribution < 1.29 is 22.7 Å². The molecule has 1 aromatic heterocycles. The van der Waals surface area contributed by atoms with E-state index >= 15 is 0 Å². The summed E-state index contributed by atoms with van der Waals surface area (Å²) in [5, 5.41) is 0.574. The summed E-state index contributed by atoms with van der Waals surface area (Å²) >= 11 is 0. The van der Waals surface area contributed by atoms with Gasteiger partial charge in [-0.2, -0.15) is 4.31 Å². The van der Waals surface area contributed by atoms with Crippen LogP contribution in [0.15, 0.2) is 40.2 Å². The van der Waals surface area contributed by atoms with Gasteiger partial charge in [-0.3, -0.25) is 9.36 Å². The van der Waals surface area contributed by atoms with Crippen LogP contribution >= 0.6 is 0 Å². The molecule has 2 fully saturated rings. The Morgan fingerprint density at radius 2 is 2.00 bits per heavy atom. The number of ether oxygens (including phenoxy) is 2. The van der Waals surface area contributed by atoms with Gasteiger partial charge >= 0.3 is 6.16 Å². The molecular formula is C21H27N3O6S. The van der Waals surface area contributed by atoms with Crippen molar-refractivity contribution in [3.05, 3.63) is 40.8 Å². The average molecular weight is 450 g/mol. The van der Waals surface area contributed by atoms with Crippen LogP contribution in [-0.4, -0.2) is 48.2 Å². The van der Waals surface area contributed by atoms with Gasteiger partial charge in [0.05, 0.1) is 17.0 Å². The van der Waals surface area contributed by atoms with Crippen molar-refractivity contribution in [2.45, 2.75) is 62.2 Å². The number of nitrogens with two attached hydrogens (primary N) is 1. The number of carbonyl (C=O) groups excluding carboxylic acids is 1. The molecule has 1 saturated heterocycles. The third-order valence-electron chi connectivity index (χ3n) is 6.18. The molecule has 168 valence electrons. The highest BCUT2D eigenvalue weighted by atomic mass is 32.2.